The molecule has 0 fully saturated rings. The van der Waals surface area contributed by atoms with Crippen LogP contribution in [0.4, 0.5) is 5.13 Å². The zero-order valence-electron chi connectivity index (χ0n) is 13.3. The number of amidine groups is 1. The van der Waals surface area contributed by atoms with Gasteiger partial charge in [0, 0.05) is 24.0 Å². The van der Waals surface area contributed by atoms with Gasteiger partial charge in [0.15, 0.2) is 11.0 Å². The summed E-state index contributed by atoms with van der Waals surface area (Å²) in [7, 11) is 0. The summed E-state index contributed by atoms with van der Waals surface area (Å²) >= 11 is 1.50. The molecule has 0 bridgehead atoms. The summed E-state index contributed by atoms with van der Waals surface area (Å²) in [6.07, 6.45) is 2.64. The Morgan fingerprint density at radius 2 is 2.13 bits per heavy atom. The first-order valence-corrected chi connectivity index (χ1v) is 8.56. The van der Waals surface area contributed by atoms with Crippen LogP contribution in [0.15, 0.2) is 35.5 Å². The average molecular weight is 328 g/mol. The van der Waals surface area contributed by atoms with E-state index in [0.29, 0.717) is 23.4 Å². The number of nitrogens with one attached hydrogen (secondary N) is 2. The van der Waals surface area contributed by atoms with E-state index < -0.39 is 0 Å². The summed E-state index contributed by atoms with van der Waals surface area (Å²) in [5.41, 5.74) is 2.59. The first kappa shape index (κ1) is 15.7. The molecule has 5 nitrogen and oxygen atoms in total. The molecule has 0 unspecified atom stereocenters. The molecule has 0 atom stereocenters. The highest BCUT2D eigenvalue weighted by Gasteiger charge is 2.16. The number of thiazole rings is 1. The molecule has 0 saturated carbocycles. The number of rotatable bonds is 5. The standard InChI is InChI=1S/C17H20N4OS/c1-11(2)13-5-3-12(4-6-13)9-14-10-20-17(23-14)21-16(22)15-18-7-8-19-15/h3-6,10-11H,7-9H2,1-2H3,(H,18,19)(H,20,21,22). The molecule has 1 aromatic heterocycles. The zero-order chi connectivity index (χ0) is 16.2. The van der Waals surface area contributed by atoms with Gasteiger partial charge in [0.2, 0.25) is 0 Å². The van der Waals surface area contributed by atoms with E-state index in [2.05, 4.69) is 58.7 Å². The Balaban J connectivity index is 1.61. The van der Waals surface area contributed by atoms with Gasteiger partial charge in [-0.3, -0.25) is 15.1 Å². The van der Waals surface area contributed by atoms with Gasteiger partial charge in [0.1, 0.15) is 0 Å². The van der Waals surface area contributed by atoms with Crippen LogP contribution in [0.2, 0.25) is 0 Å². The van der Waals surface area contributed by atoms with Crippen molar-refractivity contribution in [2.75, 3.05) is 18.4 Å². The highest BCUT2D eigenvalue weighted by molar-refractivity contribution is 7.15. The van der Waals surface area contributed by atoms with Gasteiger partial charge in [-0.05, 0) is 17.0 Å². The fourth-order valence-electron chi connectivity index (χ4n) is 2.37. The van der Waals surface area contributed by atoms with E-state index in [-0.39, 0.29) is 5.91 Å². The molecule has 0 radical (unpaired) electrons. The molecule has 1 aliphatic heterocycles. The van der Waals surface area contributed by atoms with Crippen LogP contribution in [0.25, 0.3) is 0 Å². The lowest BCUT2D eigenvalue weighted by Gasteiger charge is -2.06. The predicted octanol–water partition coefficient (Wildman–Crippen LogP) is 2.80. The van der Waals surface area contributed by atoms with Gasteiger partial charge < -0.3 is 5.32 Å². The van der Waals surface area contributed by atoms with E-state index in [1.807, 2.05) is 6.20 Å². The van der Waals surface area contributed by atoms with Crippen molar-refractivity contribution in [3.63, 3.8) is 0 Å². The van der Waals surface area contributed by atoms with Gasteiger partial charge in [-0.25, -0.2) is 4.98 Å². The molecule has 2 aromatic rings. The molecule has 0 aliphatic carbocycles. The first-order chi connectivity index (χ1) is 11.1. The van der Waals surface area contributed by atoms with Crippen LogP contribution in [0, 0.1) is 0 Å². The molecule has 1 aromatic carbocycles. The topological polar surface area (TPSA) is 66.4 Å². The molecular weight excluding hydrogens is 308 g/mol. The minimum Gasteiger partial charge on any atom is -0.364 e. The molecule has 6 heteroatoms. The van der Waals surface area contributed by atoms with Gasteiger partial charge in [0.25, 0.3) is 5.91 Å². The molecule has 3 rings (SSSR count). The van der Waals surface area contributed by atoms with Crippen molar-refractivity contribution in [2.24, 2.45) is 4.99 Å². The SMILES string of the molecule is CC(C)c1ccc(Cc2cnc(NC(=O)C3=NCCN3)s2)cc1. The lowest BCUT2D eigenvalue weighted by atomic mass is 10.0. The van der Waals surface area contributed by atoms with Crippen LogP contribution in [-0.2, 0) is 11.2 Å². The minimum atomic E-state index is -0.218. The maximum absolute atomic E-state index is 11.9. The van der Waals surface area contributed by atoms with E-state index in [9.17, 15) is 4.79 Å². The molecule has 120 valence electrons. The molecule has 1 amide bonds. The van der Waals surface area contributed by atoms with E-state index in [4.69, 9.17) is 0 Å². The largest absolute Gasteiger partial charge is 0.364 e. The van der Waals surface area contributed by atoms with Gasteiger partial charge in [0.05, 0.1) is 6.54 Å². The third-order valence-corrected chi connectivity index (χ3v) is 4.60. The maximum Gasteiger partial charge on any atom is 0.292 e. The van der Waals surface area contributed by atoms with Crippen molar-refractivity contribution in [1.82, 2.24) is 10.3 Å². The van der Waals surface area contributed by atoms with Crippen LogP contribution >= 0.6 is 11.3 Å². The predicted molar refractivity (Wildman–Crippen MR) is 94.4 cm³/mol. The Bertz CT molecular complexity index is 718. The number of aliphatic imine (C=N–C) groups is 1. The minimum absolute atomic E-state index is 0.218. The summed E-state index contributed by atoms with van der Waals surface area (Å²) in [5.74, 6) is 0.720. The number of amides is 1. The normalized spacial score (nSPS) is 13.8. The van der Waals surface area contributed by atoms with Crippen LogP contribution in [-0.4, -0.2) is 29.8 Å². The second-order valence-corrected chi connectivity index (χ2v) is 6.93. The molecule has 2 N–H and O–H groups in total. The van der Waals surface area contributed by atoms with E-state index in [0.717, 1.165) is 17.8 Å². The Morgan fingerprint density at radius 1 is 1.35 bits per heavy atom. The van der Waals surface area contributed by atoms with E-state index >= 15 is 0 Å². The Hall–Kier alpha value is -2.21. The number of hydrogen-bond donors (Lipinski definition) is 2. The van der Waals surface area contributed by atoms with E-state index in [1.165, 1.54) is 22.5 Å². The number of hydrogen-bond acceptors (Lipinski definition) is 5. The smallest absolute Gasteiger partial charge is 0.292 e. The average Bonchev–Trinajstić information content (AvgIpc) is 3.19. The Labute approximate surface area is 139 Å². The van der Waals surface area contributed by atoms with Crippen molar-refractivity contribution in [3.05, 3.63) is 46.5 Å². The van der Waals surface area contributed by atoms with Crippen LogP contribution < -0.4 is 10.6 Å². The highest BCUT2D eigenvalue weighted by Crippen LogP contribution is 2.22. The maximum atomic E-state index is 11.9. The van der Waals surface area contributed by atoms with Gasteiger partial charge in [-0.2, -0.15) is 0 Å². The summed E-state index contributed by atoms with van der Waals surface area (Å²) in [6.45, 7) is 5.75. The fourth-order valence-corrected chi connectivity index (χ4v) is 3.22. The third kappa shape index (κ3) is 3.96. The van der Waals surface area contributed by atoms with E-state index in [1.54, 1.807) is 0 Å². The lowest BCUT2D eigenvalue weighted by Crippen LogP contribution is -2.32. The quantitative estimate of drug-likeness (QED) is 0.887. The fraction of sp³-hybridized carbons (Fsp3) is 0.353. The van der Waals surface area contributed by atoms with Crippen molar-refractivity contribution >= 4 is 28.2 Å². The third-order valence-electron chi connectivity index (χ3n) is 3.69. The van der Waals surface area contributed by atoms with Gasteiger partial charge >= 0.3 is 0 Å². The summed E-state index contributed by atoms with van der Waals surface area (Å²) in [5, 5.41) is 6.35. The lowest BCUT2D eigenvalue weighted by molar-refractivity contribution is -0.110. The van der Waals surface area contributed by atoms with Crippen LogP contribution in [0.1, 0.15) is 35.8 Å². The van der Waals surface area contributed by atoms with Crippen molar-refractivity contribution in [3.8, 4) is 0 Å². The van der Waals surface area contributed by atoms with Crippen LogP contribution in [0.3, 0.4) is 0 Å². The molecule has 1 aliphatic rings. The molecule has 23 heavy (non-hydrogen) atoms. The Kier molecular flexibility index (Phi) is 4.71. The number of nitrogens with zero attached hydrogens (tertiary/aromatic N) is 2. The van der Waals surface area contributed by atoms with Crippen molar-refractivity contribution in [1.29, 1.82) is 0 Å². The molecule has 2 heterocycles. The number of aromatic nitrogens is 1. The molecule has 0 saturated heterocycles. The van der Waals surface area contributed by atoms with Crippen molar-refractivity contribution < 1.29 is 4.79 Å². The van der Waals surface area contributed by atoms with Gasteiger partial charge in [-0.1, -0.05) is 38.1 Å². The molecule has 0 spiro atoms. The summed E-state index contributed by atoms with van der Waals surface area (Å²) < 4.78 is 0. The highest BCUT2D eigenvalue weighted by atomic mass is 32.1. The van der Waals surface area contributed by atoms with Crippen molar-refractivity contribution in [2.45, 2.75) is 26.2 Å². The number of anilines is 1. The monoisotopic (exact) mass is 328 g/mol. The number of carbonyl (C=O) groups is 1. The second kappa shape index (κ2) is 6.91. The molecular formula is C17H20N4OS. The van der Waals surface area contributed by atoms with Crippen LogP contribution in [0.5, 0.6) is 0 Å². The van der Waals surface area contributed by atoms with Gasteiger partial charge in [-0.15, -0.1) is 11.3 Å². The second-order valence-electron chi connectivity index (χ2n) is 5.82. The number of benzene rings is 1. The zero-order valence-corrected chi connectivity index (χ0v) is 14.1. The number of carbonyl (C=O) groups excluding carboxylic acids is 1. The summed E-state index contributed by atoms with van der Waals surface area (Å²) in [6, 6.07) is 8.66. The first-order valence-electron chi connectivity index (χ1n) is 7.75. The summed E-state index contributed by atoms with van der Waals surface area (Å²) in [4.78, 5) is 21.4. The Morgan fingerprint density at radius 3 is 2.78 bits per heavy atom.